The summed E-state index contributed by atoms with van der Waals surface area (Å²) in [5, 5.41) is 0. The van der Waals surface area contributed by atoms with Crippen molar-refractivity contribution in [3.8, 4) is 0 Å². The third kappa shape index (κ3) is 6.81. The van der Waals surface area contributed by atoms with E-state index >= 15 is 0 Å². The van der Waals surface area contributed by atoms with E-state index < -0.39 is 11.7 Å². The van der Waals surface area contributed by atoms with Gasteiger partial charge in [-0.3, -0.25) is 4.99 Å². The van der Waals surface area contributed by atoms with E-state index in [0.717, 1.165) is 55.0 Å². The summed E-state index contributed by atoms with van der Waals surface area (Å²) < 4.78 is 38.7. The lowest BCUT2D eigenvalue weighted by Gasteiger charge is -2.29. The van der Waals surface area contributed by atoms with Gasteiger partial charge in [0.05, 0.1) is 12.1 Å². The molecule has 0 aliphatic heterocycles. The minimum absolute atomic E-state index is 0.499. The third-order valence-corrected chi connectivity index (χ3v) is 6.47. The molecule has 0 aromatic heterocycles. The van der Waals surface area contributed by atoms with Crippen molar-refractivity contribution in [1.82, 2.24) is 0 Å². The summed E-state index contributed by atoms with van der Waals surface area (Å²) in [5.41, 5.74) is 4.86. The van der Waals surface area contributed by atoms with Gasteiger partial charge >= 0.3 is 6.18 Å². The molecule has 1 nitrogen and oxygen atoms in total. The molecular formula is C27H32F3N. The molecule has 0 saturated heterocycles. The third-order valence-electron chi connectivity index (χ3n) is 6.47. The Kier molecular flexibility index (Phi) is 7.74. The number of hydrogen-bond donors (Lipinski definition) is 0. The van der Waals surface area contributed by atoms with Gasteiger partial charge in [0.2, 0.25) is 0 Å². The average molecular weight is 428 g/mol. The van der Waals surface area contributed by atoms with Crippen molar-refractivity contribution in [1.29, 1.82) is 0 Å². The highest BCUT2D eigenvalue weighted by Gasteiger charge is 2.30. The predicted molar refractivity (Wildman–Crippen MR) is 123 cm³/mol. The summed E-state index contributed by atoms with van der Waals surface area (Å²) in [4.78, 5) is 4.76. The highest BCUT2D eigenvalue weighted by Crippen LogP contribution is 2.35. The van der Waals surface area contributed by atoms with Gasteiger partial charge in [-0.05, 0) is 81.4 Å². The maximum absolute atomic E-state index is 12.9. The highest BCUT2D eigenvalue weighted by atomic mass is 19.4. The van der Waals surface area contributed by atoms with Crippen molar-refractivity contribution in [3.05, 3.63) is 82.9 Å². The monoisotopic (exact) mass is 427 g/mol. The molecule has 0 amide bonds. The zero-order valence-electron chi connectivity index (χ0n) is 18.5. The van der Waals surface area contributed by atoms with Crippen LogP contribution in [0.15, 0.2) is 65.7 Å². The average Bonchev–Trinajstić information content (AvgIpc) is 2.76. The quantitative estimate of drug-likeness (QED) is 0.315. The van der Waals surface area contributed by atoms with E-state index in [-0.39, 0.29) is 0 Å². The molecule has 0 spiro atoms. The minimum atomic E-state index is -4.27. The number of alkyl halides is 3. The summed E-state index contributed by atoms with van der Waals surface area (Å²) in [5.74, 6) is 1.08. The van der Waals surface area contributed by atoms with Gasteiger partial charge in [-0.15, -0.1) is 0 Å². The number of benzene rings is 2. The second-order valence-electron chi connectivity index (χ2n) is 8.88. The first-order valence-electron chi connectivity index (χ1n) is 11.1. The van der Waals surface area contributed by atoms with Crippen LogP contribution in [0.1, 0.15) is 61.3 Å². The number of rotatable bonds is 7. The standard InChI is InChI=1S/C27H32F3N/c1-19-6-4-8-25(16-19)21(3)31-18-20(2)24-14-12-22(13-15-24)10-11-23-7-5-9-26(17-23)27(28,29)30/h4-9,16-17,22,24H,2,10-15,18H2,1,3H3. The number of aryl methyl sites for hydroxylation is 2. The Bertz CT molecular complexity index is 918. The Morgan fingerprint density at radius 3 is 2.42 bits per heavy atom. The van der Waals surface area contributed by atoms with Crippen LogP contribution in [-0.2, 0) is 12.6 Å². The van der Waals surface area contributed by atoms with E-state index in [0.29, 0.717) is 24.8 Å². The van der Waals surface area contributed by atoms with Crippen LogP contribution in [0.25, 0.3) is 0 Å². The number of halogens is 3. The summed E-state index contributed by atoms with van der Waals surface area (Å²) in [6, 6.07) is 14.1. The van der Waals surface area contributed by atoms with Crippen LogP contribution >= 0.6 is 0 Å². The summed E-state index contributed by atoms with van der Waals surface area (Å²) >= 11 is 0. The number of nitrogens with zero attached hydrogens (tertiary/aromatic N) is 1. The van der Waals surface area contributed by atoms with Gasteiger partial charge in [-0.2, -0.15) is 13.2 Å². The second kappa shape index (κ2) is 10.3. The maximum Gasteiger partial charge on any atom is 0.416 e. The Balaban J connectivity index is 1.45. The molecule has 3 rings (SSSR count). The largest absolute Gasteiger partial charge is 0.416 e. The molecule has 2 aromatic rings. The van der Waals surface area contributed by atoms with Crippen molar-refractivity contribution in [3.63, 3.8) is 0 Å². The molecule has 0 N–H and O–H groups in total. The second-order valence-corrected chi connectivity index (χ2v) is 8.88. The molecule has 0 heterocycles. The fraction of sp³-hybridized carbons (Fsp3) is 0.444. The van der Waals surface area contributed by atoms with Gasteiger partial charge in [0.25, 0.3) is 0 Å². The molecule has 1 aliphatic rings. The number of hydrogen-bond acceptors (Lipinski definition) is 1. The zero-order chi connectivity index (χ0) is 22.4. The van der Waals surface area contributed by atoms with E-state index in [1.54, 1.807) is 6.07 Å². The van der Waals surface area contributed by atoms with Gasteiger partial charge < -0.3 is 0 Å². The molecule has 0 unspecified atom stereocenters. The van der Waals surface area contributed by atoms with Crippen LogP contribution in [-0.4, -0.2) is 12.3 Å². The van der Waals surface area contributed by atoms with Crippen LogP contribution in [0.4, 0.5) is 13.2 Å². The molecule has 0 atom stereocenters. The van der Waals surface area contributed by atoms with Crippen LogP contribution in [0, 0.1) is 18.8 Å². The summed E-state index contributed by atoms with van der Waals surface area (Å²) in [6.45, 7) is 9.10. The first-order chi connectivity index (χ1) is 14.7. The Hall–Kier alpha value is -2.36. The molecule has 0 radical (unpaired) electrons. The van der Waals surface area contributed by atoms with Crippen molar-refractivity contribution in [2.75, 3.05) is 6.54 Å². The lowest BCUT2D eigenvalue weighted by atomic mass is 9.77. The van der Waals surface area contributed by atoms with Gasteiger partial charge in [0.15, 0.2) is 0 Å². The van der Waals surface area contributed by atoms with Crippen molar-refractivity contribution in [2.24, 2.45) is 16.8 Å². The van der Waals surface area contributed by atoms with E-state index in [2.05, 4.69) is 37.8 Å². The van der Waals surface area contributed by atoms with E-state index in [9.17, 15) is 13.2 Å². The van der Waals surface area contributed by atoms with Gasteiger partial charge in [0, 0.05) is 5.71 Å². The van der Waals surface area contributed by atoms with Gasteiger partial charge in [0.1, 0.15) is 0 Å². The molecule has 2 aromatic carbocycles. The molecule has 31 heavy (non-hydrogen) atoms. The molecule has 1 fully saturated rings. The SMILES string of the molecule is C=C(CN=C(C)c1cccc(C)c1)C1CCC(CCc2cccc(C(F)(F)F)c2)CC1. The smallest absolute Gasteiger partial charge is 0.285 e. The molecule has 0 bridgehead atoms. The van der Waals surface area contributed by atoms with Crippen LogP contribution < -0.4 is 0 Å². The Morgan fingerprint density at radius 1 is 1.03 bits per heavy atom. The molecular weight excluding hydrogens is 395 g/mol. The topological polar surface area (TPSA) is 12.4 Å². The summed E-state index contributed by atoms with van der Waals surface area (Å²) in [6.07, 6.45) is 1.82. The maximum atomic E-state index is 12.9. The van der Waals surface area contributed by atoms with Gasteiger partial charge in [-0.1, -0.05) is 60.2 Å². The van der Waals surface area contributed by atoms with Gasteiger partial charge in [-0.25, -0.2) is 0 Å². The lowest BCUT2D eigenvalue weighted by Crippen LogP contribution is -2.18. The van der Waals surface area contributed by atoms with Crippen LogP contribution in [0.3, 0.4) is 0 Å². The normalized spacial score (nSPS) is 20.0. The Labute approximate surface area is 184 Å². The zero-order valence-corrected chi connectivity index (χ0v) is 18.5. The van der Waals surface area contributed by atoms with E-state index in [1.807, 2.05) is 6.92 Å². The molecule has 166 valence electrons. The lowest BCUT2D eigenvalue weighted by molar-refractivity contribution is -0.137. The molecule has 1 saturated carbocycles. The predicted octanol–water partition coefficient (Wildman–Crippen LogP) is 7.82. The highest BCUT2D eigenvalue weighted by molar-refractivity contribution is 5.98. The summed E-state index contributed by atoms with van der Waals surface area (Å²) in [7, 11) is 0. The van der Waals surface area contributed by atoms with Crippen LogP contribution in [0.5, 0.6) is 0 Å². The van der Waals surface area contributed by atoms with Crippen molar-refractivity contribution < 1.29 is 13.2 Å². The van der Waals surface area contributed by atoms with Crippen molar-refractivity contribution >= 4 is 5.71 Å². The first kappa shape index (κ1) is 23.3. The Morgan fingerprint density at radius 2 is 1.74 bits per heavy atom. The minimum Gasteiger partial charge on any atom is -0.285 e. The van der Waals surface area contributed by atoms with Crippen LogP contribution in [0.2, 0.25) is 0 Å². The molecule has 4 heteroatoms. The number of aliphatic imine (C=N–C) groups is 1. The fourth-order valence-corrected chi connectivity index (χ4v) is 4.44. The van der Waals surface area contributed by atoms with E-state index in [4.69, 9.17) is 4.99 Å². The van der Waals surface area contributed by atoms with Crippen molar-refractivity contribution in [2.45, 2.75) is 58.5 Å². The molecule has 1 aliphatic carbocycles. The fourth-order valence-electron chi connectivity index (χ4n) is 4.44. The first-order valence-corrected chi connectivity index (χ1v) is 11.1. The van der Waals surface area contributed by atoms with E-state index in [1.165, 1.54) is 23.3 Å².